The molecule has 2 rings (SSSR count). The van der Waals surface area contributed by atoms with E-state index in [4.69, 9.17) is 0 Å². The molecule has 1 aromatic carbocycles. The topological polar surface area (TPSA) is 42.0 Å². The number of hydrogen-bond donors (Lipinski definition) is 1. The third kappa shape index (κ3) is 4.65. The zero-order chi connectivity index (χ0) is 14.4. The Balaban J connectivity index is 1.80. The summed E-state index contributed by atoms with van der Waals surface area (Å²) in [7, 11) is 0. The van der Waals surface area contributed by atoms with Crippen molar-refractivity contribution in [3.8, 4) is 0 Å². The van der Waals surface area contributed by atoms with Crippen molar-refractivity contribution >= 4 is 39.4 Å². The number of benzene rings is 1. The van der Waals surface area contributed by atoms with Crippen LogP contribution < -0.4 is 5.32 Å². The largest absolute Gasteiger partial charge is 0.311 e. The summed E-state index contributed by atoms with van der Waals surface area (Å²) >= 11 is 5.15. The van der Waals surface area contributed by atoms with Crippen molar-refractivity contribution in [2.75, 3.05) is 11.1 Å². The standard InChI is InChI=1S/C15H15BrN2OS/c1-11-5-4-8-14(17-11)18-15(19)9-10-20-13-7-3-2-6-12(13)16/h2-8H,9-10H2,1H3,(H,17,18,19). The van der Waals surface area contributed by atoms with Crippen LogP contribution in [0, 0.1) is 6.92 Å². The van der Waals surface area contributed by atoms with Gasteiger partial charge in [0.2, 0.25) is 5.91 Å². The molecule has 0 aliphatic heterocycles. The van der Waals surface area contributed by atoms with Crippen LogP contribution in [0.5, 0.6) is 0 Å². The van der Waals surface area contributed by atoms with Crippen molar-refractivity contribution in [2.45, 2.75) is 18.2 Å². The normalized spacial score (nSPS) is 10.3. The van der Waals surface area contributed by atoms with Crippen LogP contribution in [0.1, 0.15) is 12.1 Å². The Morgan fingerprint density at radius 3 is 2.80 bits per heavy atom. The number of aryl methyl sites for hydroxylation is 1. The molecule has 104 valence electrons. The van der Waals surface area contributed by atoms with Crippen molar-refractivity contribution in [1.29, 1.82) is 0 Å². The van der Waals surface area contributed by atoms with Crippen molar-refractivity contribution in [3.63, 3.8) is 0 Å². The summed E-state index contributed by atoms with van der Waals surface area (Å²) in [5.41, 5.74) is 0.894. The first kappa shape index (κ1) is 15.1. The Hall–Kier alpha value is -1.33. The number of carbonyl (C=O) groups is 1. The molecule has 0 aliphatic rings. The second kappa shape index (κ2) is 7.45. The highest BCUT2D eigenvalue weighted by molar-refractivity contribution is 9.10. The molecule has 3 nitrogen and oxygen atoms in total. The van der Waals surface area contributed by atoms with E-state index < -0.39 is 0 Å². The van der Waals surface area contributed by atoms with E-state index in [2.05, 4.69) is 26.2 Å². The van der Waals surface area contributed by atoms with Crippen molar-refractivity contribution in [3.05, 3.63) is 52.6 Å². The Morgan fingerprint density at radius 1 is 1.25 bits per heavy atom. The monoisotopic (exact) mass is 350 g/mol. The molecule has 0 unspecified atom stereocenters. The van der Waals surface area contributed by atoms with Gasteiger partial charge in [0.25, 0.3) is 0 Å². The predicted molar refractivity (Wildman–Crippen MR) is 87.1 cm³/mol. The molecule has 0 saturated carbocycles. The quantitative estimate of drug-likeness (QED) is 0.818. The van der Waals surface area contributed by atoms with E-state index in [1.807, 2.05) is 43.3 Å². The molecule has 1 aromatic heterocycles. The summed E-state index contributed by atoms with van der Waals surface area (Å²) in [6, 6.07) is 13.6. The Morgan fingerprint density at radius 2 is 2.05 bits per heavy atom. The van der Waals surface area contributed by atoms with Crippen molar-refractivity contribution in [1.82, 2.24) is 4.98 Å². The SMILES string of the molecule is Cc1cccc(NC(=O)CCSc2ccccc2Br)n1. The van der Waals surface area contributed by atoms with Gasteiger partial charge < -0.3 is 5.32 Å². The van der Waals surface area contributed by atoms with E-state index in [1.165, 1.54) is 0 Å². The molecule has 0 bridgehead atoms. The number of pyridine rings is 1. The second-order valence-electron chi connectivity index (χ2n) is 4.24. The molecular weight excluding hydrogens is 336 g/mol. The van der Waals surface area contributed by atoms with Crippen LogP contribution in [0.3, 0.4) is 0 Å². The van der Waals surface area contributed by atoms with Gasteiger partial charge in [-0.05, 0) is 47.1 Å². The number of rotatable bonds is 5. The minimum absolute atomic E-state index is 0.0114. The minimum atomic E-state index is -0.0114. The molecule has 0 saturated heterocycles. The summed E-state index contributed by atoms with van der Waals surface area (Å²) in [5, 5.41) is 2.81. The van der Waals surface area contributed by atoms with Gasteiger partial charge in [0, 0.05) is 27.2 Å². The molecule has 0 spiro atoms. The van der Waals surface area contributed by atoms with Crippen LogP contribution in [0.25, 0.3) is 0 Å². The van der Waals surface area contributed by atoms with E-state index >= 15 is 0 Å². The molecular formula is C15H15BrN2OS. The van der Waals surface area contributed by atoms with Crippen LogP contribution in [0.4, 0.5) is 5.82 Å². The number of anilines is 1. The van der Waals surface area contributed by atoms with Crippen LogP contribution >= 0.6 is 27.7 Å². The fourth-order valence-corrected chi connectivity index (χ4v) is 3.15. The van der Waals surface area contributed by atoms with Gasteiger partial charge in [0.15, 0.2) is 0 Å². The lowest BCUT2D eigenvalue weighted by atomic mass is 10.3. The van der Waals surface area contributed by atoms with Crippen LogP contribution in [-0.4, -0.2) is 16.6 Å². The van der Waals surface area contributed by atoms with Crippen LogP contribution in [0.15, 0.2) is 51.8 Å². The number of halogens is 1. The molecule has 5 heteroatoms. The fourth-order valence-electron chi connectivity index (χ4n) is 1.63. The number of aromatic nitrogens is 1. The molecule has 2 aromatic rings. The first-order valence-electron chi connectivity index (χ1n) is 6.26. The van der Waals surface area contributed by atoms with E-state index in [1.54, 1.807) is 17.8 Å². The number of thioether (sulfide) groups is 1. The van der Waals surface area contributed by atoms with Gasteiger partial charge in [-0.2, -0.15) is 0 Å². The van der Waals surface area contributed by atoms with Gasteiger partial charge in [-0.1, -0.05) is 18.2 Å². The Labute approximate surface area is 131 Å². The van der Waals surface area contributed by atoms with Gasteiger partial charge in [0.05, 0.1) is 0 Å². The van der Waals surface area contributed by atoms with Crippen molar-refractivity contribution < 1.29 is 4.79 Å². The lowest BCUT2D eigenvalue weighted by Crippen LogP contribution is -2.13. The Kier molecular flexibility index (Phi) is 5.61. The maximum atomic E-state index is 11.8. The first-order chi connectivity index (χ1) is 9.65. The summed E-state index contributed by atoms with van der Waals surface area (Å²) in [6.45, 7) is 1.90. The van der Waals surface area contributed by atoms with Gasteiger partial charge in [-0.25, -0.2) is 4.98 Å². The van der Waals surface area contributed by atoms with E-state index in [9.17, 15) is 4.79 Å². The molecule has 0 fully saturated rings. The number of nitrogens with one attached hydrogen (secondary N) is 1. The van der Waals surface area contributed by atoms with Gasteiger partial charge >= 0.3 is 0 Å². The molecule has 0 radical (unpaired) electrons. The molecule has 0 atom stereocenters. The Bertz CT molecular complexity index is 604. The molecule has 1 N–H and O–H groups in total. The van der Waals surface area contributed by atoms with E-state index in [0.717, 1.165) is 20.8 Å². The molecule has 1 amide bonds. The first-order valence-corrected chi connectivity index (χ1v) is 8.04. The van der Waals surface area contributed by atoms with Crippen molar-refractivity contribution in [2.24, 2.45) is 0 Å². The third-order valence-electron chi connectivity index (χ3n) is 2.58. The highest BCUT2D eigenvalue weighted by Crippen LogP contribution is 2.27. The highest BCUT2D eigenvalue weighted by atomic mass is 79.9. The molecule has 20 heavy (non-hydrogen) atoms. The molecule has 0 aliphatic carbocycles. The fraction of sp³-hybridized carbons (Fsp3) is 0.200. The van der Waals surface area contributed by atoms with Gasteiger partial charge in [-0.15, -0.1) is 11.8 Å². The zero-order valence-corrected chi connectivity index (χ0v) is 13.5. The minimum Gasteiger partial charge on any atom is -0.311 e. The lowest BCUT2D eigenvalue weighted by Gasteiger charge is -2.06. The third-order valence-corrected chi connectivity index (χ3v) is 4.61. The second-order valence-corrected chi connectivity index (χ2v) is 6.23. The van der Waals surface area contributed by atoms with Gasteiger partial charge in [0.1, 0.15) is 5.82 Å². The maximum absolute atomic E-state index is 11.8. The molecule has 1 heterocycles. The van der Waals surface area contributed by atoms with E-state index in [0.29, 0.717) is 12.2 Å². The summed E-state index contributed by atoms with van der Waals surface area (Å²) in [4.78, 5) is 17.2. The van der Waals surface area contributed by atoms with Gasteiger partial charge in [-0.3, -0.25) is 4.79 Å². The zero-order valence-electron chi connectivity index (χ0n) is 11.1. The summed E-state index contributed by atoms with van der Waals surface area (Å²) in [5.74, 6) is 1.34. The smallest absolute Gasteiger partial charge is 0.226 e. The number of carbonyl (C=O) groups excluding carboxylic acids is 1. The van der Waals surface area contributed by atoms with E-state index in [-0.39, 0.29) is 5.91 Å². The summed E-state index contributed by atoms with van der Waals surface area (Å²) in [6.07, 6.45) is 0.460. The lowest BCUT2D eigenvalue weighted by molar-refractivity contribution is -0.115. The van der Waals surface area contributed by atoms with Crippen LogP contribution in [0.2, 0.25) is 0 Å². The predicted octanol–water partition coefficient (Wildman–Crippen LogP) is 4.27. The number of nitrogens with zero attached hydrogens (tertiary/aromatic N) is 1. The number of amides is 1. The maximum Gasteiger partial charge on any atom is 0.226 e. The average Bonchev–Trinajstić information content (AvgIpc) is 2.41. The number of hydrogen-bond acceptors (Lipinski definition) is 3. The average molecular weight is 351 g/mol. The summed E-state index contributed by atoms with van der Waals surface area (Å²) < 4.78 is 1.06. The van der Waals surface area contributed by atoms with Crippen LogP contribution in [-0.2, 0) is 4.79 Å². The highest BCUT2D eigenvalue weighted by Gasteiger charge is 2.05.